The van der Waals surface area contributed by atoms with Crippen LogP contribution in [0.2, 0.25) is 0 Å². The van der Waals surface area contributed by atoms with Crippen molar-refractivity contribution in [2.45, 2.75) is 34.1 Å². The predicted octanol–water partition coefficient (Wildman–Crippen LogP) is 3.56. The maximum atomic E-state index is 13.1. The van der Waals surface area contributed by atoms with Crippen molar-refractivity contribution in [2.24, 2.45) is 40.6 Å². The first-order chi connectivity index (χ1) is 15.3. The van der Waals surface area contributed by atoms with Gasteiger partial charge in [-0.3, -0.25) is 14.2 Å². The summed E-state index contributed by atoms with van der Waals surface area (Å²) in [6, 6.07) is 4.16. The Hall–Kier alpha value is -3.40. The SMILES string of the molecule is Cc1oc(-n2c(C)cc(/C=N\N3C(=O)[C@@H]4[C@H]5C=C[C@@H]([C@@H]6C[C@H]56)[C@H]4C3=O)c2C)c(C#N)c1C. The monoisotopic (exact) mass is 428 g/mol. The Labute approximate surface area is 186 Å². The number of nitriles is 1. The van der Waals surface area contributed by atoms with E-state index in [1.807, 2.05) is 38.3 Å². The van der Waals surface area contributed by atoms with Crippen LogP contribution in [0.15, 0.2) is 27.7 Å². The lowest BCUT2D eigenvalue weighted by molar-refractivity contribution is -0.140. The Morgan fingerprint density at radius 1 is 1.09 bits per heavy atom. The minimum Gasteiger partial charge on any atom is -0.443 e. The van der Waals surface area contributed by atoms with Crippen LogP contribution in [0.3, 0.4) is 0 Å². The Kier molecular flexibility index (Phi) is 3.81. The highest BCUT2D eigenvalue weighted by Crippen LogP contribution is 2.65. The summed E-state index contributed by atoms with van der Waals surface area (Å²) in [5.74, 6) is 1.86. The number of carbonyl (C=O) groups is 2. The fourth-order valence-electron chi connectivity index (χ4n) is 6.30. The molecule has 1 aliphatic heterocycles. The molecule has 4 aliphatic carbocycles. The van der Waals surface area contributed by atoms with Gasteiger partial charge in [-0.2, -0.15) is 15.4 Å². The Morgan fingerprint density at radius 2 is 1.72 bits per heavy atom. The summed E-state index contributed by atoms with van der Waals surface area (Å²) in [6.45, 7) is 7.54. The number of hydrazone groups is 1. The van der Waals surface area contributed by atoms with Gasteiger partial charge in [0, 0.05) is 22.5 Å². The third kappa shape index (κ3) is 2.32. The molecule has 7 heteroatoms. The van der Waals surface area contributed by atoms with Gasteiger partial charge in [-0.05, 0) is 63.9 Å². The first-order valence-electron chi connectivity index (χ1n) is 11.1. The average Bonchev–Trinajstić information content (AvgIpc) is 3.43. The summed E-state index contributed by atoms with van der Waals surface area (Å²) in [6.07, 6.45) is 7.04. The maximum absolute atomic E-state index is 13.1. The Balaban J connectivity index is 1.33. The molecule has 3 heterocycles. The van der Waals surface area contributed by atoms with Gasteiger partial charge in [0.05, 0.1) is 18.1 Å². The number of carbonyl (C=O) groups excluding carboxylic acids is 2. The molecule has 7 nitrogen and oxygen atoms in total. The molecule has 2 amide bonds. The number of aromatic nitrogens is 1. The molecule has 7 rings (SSSR count). The summed E-state index contributed by atoms with van der Waals surface area (Å²) in [7, 11) is 0. The molecule has 0 aromatic carbocycles. The molecule has 5 aliphatic rings. The molecule has 2 saturated carbocycles. The van der Waals surface area contributed by atoms with E-state index >= 15 is 0 Å². The zero-order valence-electron chi connectivity index (χ0n) is 18.5. The quantitative estimate of drug-likeness (QED) is 0.425. The molecule has 3 fully saturated rings. The number of rotatable bonds is 3. The standard InChI is InChI=1S/C25H24N4O3/c1-11-7-15(13(3)28(11)25-20(9-26)12(2)14(4)32-25)10-27-29-23(30)21-16-5-6-17(19-8-18(16)19)22(21)24(29)31/h5-7,10,16-19,21-22H,8H2,1-4H3/b27-10-/t16-,17-,18-,19+,21+,22+/m0/s1. The number of imide groups is 1. The fourth-order valence-corrected chi connectivity index (χ4v) is 6.30. The lowest BCUT2D eigenvalue weighted by atomic mass is 9.63. The molecule has 2 aromatic heterocycles. The highest BCUT2D eigenvalue weighted by molar-refractivity contribution is 6.06. The van der Waals surface area contributed by atoms with E-state index in [0.717, 1.165) is 33.9 Å². The zero-order valence-corrected chi connectivity index (χ0v) is 18.5. The first kappa shape index (κ1) is 19.3. The van der Waals surface area contributed by atoms with Gasteiger partial charge >= 0.3 is 0 Å². The van der Waals surface area contributed by atoms with Gasteiger partial charge in [-0.25, -0.2) is 0 Å². The van der Waals surface area contributed by atoms with E-state index in [-0.39, 0.29) is 35.5 Å². The van der Waals surface area contributed by atoms with Gasteiger partial charge in [-0.1, -0.05) is 12.2 Å². The summed E-state index contributed by atoms with van der Waals surface area (Å²) >= 11 is 0. The van der Waals surface area contributed by atoms with E-state index in [4.69, 9.17) is 4.42 Å². The van der Waals surface area contributed by atoms with Gasteiger partial charge in [0.15, 0.2) is 0 Å². The Bertz CT molecular complexity index is 1270. The van der Waals surface area contributed by atoms with Crippen molar-refractivity contribution >= 4 is 18.0 Å². The van der Waals surface area contributed by atoms with Crippen molar-refractivity contribution in [1.82, 2.24) is 9.58 Å². The number of hydrogen-bond acceptors (Lipinski definition) is 5. The number of amides is 2. The van der Waals surface area contributed by atoms with E-state index in [2.05, 4.69) is 23.3 Å². The van der Waals surface area contributed by atoms with Crippen LogP contribution in [-0.4, -0.2) is 27.6 Å². The van der Waals surface area contributed by atoms with E-state index in [9.17, 15) is 14.9 Å². The molecule has 6 atom stereocenters. The lowest BCUT2D eigenvalue weighted by Gasteiger charge is -2.37. The second kappa shape index (κ2) is 6.32. The zero-order chi connectivity index (χ0) is 22.5. The average molecular weight is 428 g/mol. The topological polar surface area (TPSA) is 91.6 Å². The van der Waals surface area contributed by atoms with Gasteiger partial charge in [0.2, 0.25) is 5.88 Å². The van der Waals surface area contributed by atoms with Gasteiger partial charge in [-0.15, -0.1) is 0 Å². The number of allylic oxidation sites excluding steroid dienone is 2. The number of aryl methyl sites for hydroxylation is 2. The predicted molar refractivity (Wildman–Crippen MR) is 116 cm³/mol. The smallest absolute Gasteiger partial charge is 0.254 e. The molecule has 0 spiro atoms. The van der Waals surface area contributed by atoms with Gasteiger partial charge < -0.3 is 4.42 Å². The van der Waals surface area contributed by atoms with Crippen molar-refractivity contribution in [2.75, 3.05) is 0 Å². The van der Waals surface area contributed by atoms with E-state index in [1.54, 1.807) is 6.21 Å². The van der Waals surface area contributed by atoms with Crippen LogP contribution in [0.1, 0.15) is 40.3 Å². The van der Waals surface area contributed by atoms with Crippen LogP contribution in [0.4, 0.5) is 0 Å². The van der Waals surface area contributed by atoms with E-state index in [1.165, 1.54) is 0 Å². The first-order valence-corrected chi connectivity index (χ1v) is 11.1. The molecular weight excluding hydrogens is 404 g/mol. The molecule has 2 bridgehead atoms. The largest absolute Gasteiger partial charge is 0.443 e. The second-order valence-corrected chi connectivity index (χ2v) is 9.62. The Morgan fingerprint density at radius 3 is 2.31 bits per heavy atom. The van der Waals surface area contributed by atoms with Crippen LogP contribution >= 0.6 is 0 Å². The molecule has 32 heavy (non-hydrogen) atoms. The van der Waals surface area contributed by atoms with Crippen molar-refractivity contribution in [1.29, 1.82) is 5.26 Å². The van der Waals surface area contributed by atoms with Crippen LogP contribution in [-0.2, 0) is 9.59 Å². The molecular formula is C25H24N4O3. The summed E-state index contributed by atoms with van der Waals surface area (Å²) in [5.41, 5.74) is 3.81. The van der Waals surface area contributed by atoms with Crippen LogP contribution in [0.5, 0.6) is 0 Å². The molecule has 0 radical (unpaired) electrons. The maximum Gasteiger partial charge on any atom is 0.254 e. The highest BCUT2D eigenvalue weighted by atomic mass is 16.4. The number of hydrogen-bond donors (Lipinski definition) is 0. The fraction of sp³-hybridized carbons (Fsp3) is 0.440. The third-order valence-corrected chi connectivity index (χ3v) is 8.10. The van der Waals surface area contributed by atoms with Gasteiger partial charge in [0.1, 0.15) is 17.4 Å². The lowest BCUT2D eigenvalue weighted by Crippen LogP contribution is -2.40. The minimum atomic E-state index is -0.252. The summed E-state index contributed by atoms with van der Waals surface area (Å²) in [4.78, 5) is 26.3. The van der Waals surface area contributed by atoms with Crippen molar-refractivity contribution in [3.8, 4) is 12.0 Å². The van der Waals surface area contributed by atoms with E-state index in [0.29, 0.717) is 29.0 Å². The van der Waals surface area contributed by atoms with Crippen LogP contribution in [0.25, 0.3) is 5.88 Å². The van der Waals surface area contributed by atoms with Crippen molar-refractivity contribution in [3.63, 3.8) is 0 Å². The van der Waals surface area contributed by atoms with Crippen molar-refractivity contribution in [3.05, 3.63) is 52.1 Å². The second-order valence-electron chi connectivity index (χ2n) is 9.62. The highest BCUT2D eigenvalue weighted by Gasteiger charge is 2.67. The van der Waals surface area contributed by atoms with Crippen LogP contribution in [0, 0.1) is 74.5 Å². The molecule has 0 N–H and O–H groups in total. The molecule has 2 aromatic rings. The summed E-state index contributed by atoms with van der Waals surface area (Å²) < 4.78 is 7.77. The molecule has 0 unspecified atom stereocenters. The molecule has 162 valence electrons. The van der Waals surface area contributed by atoms with Crippen molar-refractivity contribution < 1.29 is 14.0 Å². The van der Waals surface area contributed by atoms with Gasteiger partial charge in [0.25, 0.3) is 11.8 Å². The van der Waals surface area contributed by atoms with Crippen LogP contribution < -0.4 is 0 Å². The minimum absolute atomic E-state index is 0.168. The molecule has 1 saturated heterocycles. The van der Waals surface area contributed by atoms with E-state index < -0.39 is 0 Å². The number of furan rings is 1. The number of nitrogens with zero attached hydrogens (tertiary/aromatic N) is 4. The third-order valence-electron chi connectivity index (χ3n) is 8.10. The normalized spacial score (nSPS) is 32.0. The summed E-state index contributed by atoms with van der Waals surface area (Å²) in [5, 5.41) is 15.1.